The molecule has 2 aromatic rings. The molecule has 1 fully saturated rings. The fourth-order valence-corrected chi connectivity index (χ4v) is 27.9. The van der Waals surface area contributed by atoms with Gasteiger partial charge in [0, 0.05) is 0 Å². The van der Waals surface area contributed by atoms with Gasteiger partial charge in [0.1, 0.15) is 0 Å². The molecule has 0 aliphatic carbocycles. The fourth-order valence-electron chi connectivity index (χ4n) is 2.81. The highest BCUT2D eigenvalue weighted by molar-refractivity contribution is 8.50. The second-order valence-electron chi connectivity index (χ2n) is 5.67. The Balaban J connectivity index is 2.02. The monoisotopic (exact) mass is 302 g/mol. The van der Waals surface area contributed by atoms with Crippen LogP contribution in [0.25, 0.3) is 0 Å². The summed E-state index contributed by atoms with van der Waals surface area (Å²) in [7, 11) is -0.923. The average Bonchev–Trinajstić information content (AvgIpc) is 2.76. The van der Waals surface area contributed by atoms with Crippen LogP contribution in [0, 0.1) is 0 Å². The van der Waals surface area contributed by atoms with Crippen molar-refractivity contribution < 1.29 is 0 Å². The summed E-state index contributed by atoms with van der Waals surface area (Å²) in [6.45, 7) is 5.22. The van der Waals surface area contributed by atoms with Gasteiger partial charge in [0.05, 0.1) is 7.74 Å². The fraction of sp³-hybridized carbons (Fsp3) is 0.250. The average molecular weight is 302 g/mol. The van der Waals surface area contributed by atoms with Crippen LogP contribution in [0.3, 0.4) is 0 Å². The van der Waals surface area contributed by atoms with E-state index in [1.165, 1.54) is 12.2 Å². The van der Waals surface area contributed by atoms with Gasteiger partial charge >= 0.3 is 0 Å². The minimum atomic E-state index is -1.06. The number of hydrogen-bond donors (Lipinski definition) is 0. The molecular formula is C16H20P2Si. The van der Waals surface area contributed by atoms with E-state index in [1.807, 2.05) is 0 Å². The van der Waals surface area contributed by atoms with Crippen LogP contribution >= 0.6 is 14.8 Å². The summed E-state index contributed by atoms with van der Waals surface area (Å²) in [6.07, 6.45) is 1.46. The molecule has 0 aromatic heterocycles. The van der Waals surface area contributed by atoms with E-state index < -0.39 is 7.74 Å². The Bertz CT molecular complexity index is 539. The maximum Gasteiger partial charge on any atom is 0.0864 e. The first-order valence-corrected chi connectivity index (χ1v) is 14.5. The molecule has 2 unspecified atom stereocenters. The molecule has 0 N–H and O–H groups in total. The summed E-state index contributed by atoms with van der Waals surface area (Å²) in [6, 6.07) is 24.1. The molecule has 0 amide bonds. The second-order valence-corrected chi connectivity index (χ2v) is 21.4. The summed E-state index contributed by atoms with van der Waals surface area (Å²) in [5.41, 5.74) is 0. The Labute approximate surface area is 119 Å². The van der Waals surface area contributed by atoms with Gasteiger partial charge < -0.3 is 0 Å². The lowest BCUT2D eigenvalue weighted by Crippen LogP contribution is -2.23. The van der Waals surface area contributed by atoms with Crippen LogP contribution in [0.5, 0.6) is 0 Å². The van der Waals surface area contributed by atoms with Gasteiger partial charge in [-0.15, -0.1) is 0 Å². The Hall–Kier alpha value is -0.483. The van der Waals surface area contributed by atoms with E-state index in [0.717, 1.165) is 0 Å². The normalized spacial score (nSPS) is 25.4. The zero-order valence-corrected chi connectivity index (χ0v) is 14.4. The smallest absolute Gasteiger partial charge is 0.0649 e. The Kier molecular flexibility index (Phi) is 3.90. The van der Waals surface area contributed by atoms with Crippen LogP contribution in [0.4, 0.5) is 0 Å². The molecule has 1 saturated heterocycles. The molecule has 0 bridgehead atoms. The van der Waals surface area contributed by atoms with Crippen LogP contribution in [-0.2, 0) is 0 Å². The summed E-state index contributed by atoms with van der Waals surface area (Å²) in [5.74, 6) is 0. The zero-order valence-electron chi connectivity index (χ0n) is 11.6. The standard InChI is InChI=1S/C16H20P2Si/c1-19(2)14-13-17(15-9-5-3-6-10-15)18(19)16-11-7-4-8-12-16/h3-12H,13-14H2,1-2H3. The first-order valence-electron chi connectivity index (χ1n) is 6.86. The molecule has 2 atom stereocenters. The zero-order chi connectivity index (χ0) is 13.3. The van der Waals surface area contributed by atoms with Crippen molar-refractivity contribution in [2.45, 2.75) is 19.1 Å². The summed E-state index contributed by atoms with van der Waals surface area (Å²) in [4.78, 5) is 0. The van der Waals surface area contributed by atoms with E-state index in [9.17, 15) is 0 Å². The van der Waals surface area contributed by atoms with Crippen molar-refractivity contribution in [2.24, 2.45) is 0 Å². The number of benzene rings is 2. The lowest BCUT2D eigenvalue weighted by atomic mass is 10.4. The molecule has 3 rings (SSSR count). The molecule has 1 heterocycles. The second kappa shape index (κ2) is 5.48. The van der Waals surface area contributed by atoms with Gasteiger partial charge in [-0.05, 0) is 30.4 Å². The quantitative estimate of drug-likeness (QED) is 0.555. The van der Waals surface area contributed by atoms with Gasteiger partial charge in [-0.1, -0.05) is 80.9 Å². The molecule has 98 valence electrons. The Morgan fingerprint density at radius 1 is 0.789 bits per heavy atom. The maximum absolute atomic E-state index is 2.61. The molecule has 0 spiro atoms. The molecule has 0 nitrogen and oxygen atoms in total. The predicted octanol–water partition coefficient (Wildman–Crippen LogP) is 4.73. The first kappa shape index (κ1) is 13.5. The molecule has 1 aliphatic heterocycles. The molecule has 0 saturated carbocycles. The van der Waals surface area contributed by atoms with Crippen molar-refractivity contribution in [3.05, 3.63) is 60.7 Å². The Morgan fingerprint density at radius 3 is 1.89 bits per heavy atom. The molecule has 3 heteroatoms. The van der Waals surface area contributed by atoms with Gasteiger partial charge in [0.2, 0.25) is 0 Å². The van der Waals surface area contributed by atoms with E-state index >= 15 is 0 Å². The van der Waals surface area contributed by atoms with E-state index in [1.54, 1.807) is 10.6 Å². The van der Waals surface area contributed by atoms with Crippen molar-refractivity contribution in [3.8, 4) is 0 Å². The molecule has 19 heavy (non-hydrogen) atoms. The summed E-state index contributed by atoms with van der Waals surface area (Å²) >= 11 is 0. The van der Waals surface area contributed by atoms with Crippen molar-refractivity contribution in [3.63, 3.8) is 0 Å². The summed E-state index contributed by atoms with van der Waals surface area (Å²) in [5, 5.41) is 3.28. The van der Waals surface area contributed by atoms with E-state index in [2.05, 4.69) is 73.8 Å². The van der Waals surface area contributed by atoms with Crippen molar-refractivity contribution in [1.82, 2.24) is 0 Å². The van der Waals surface area contributed by atoms with E-state index in [4.69, 9.17) is 0 Å². The Morgan fingerprint density at radius 2 is 1.32 bits per heavy atom. The molecule has 0 radical (unpaired) electrons. The van der Waals surface area contributed by atoms with Crippen molar-refractivity contribution in [2.75, 3.05) is 6.16 Å². The van der Waals surface area contributed by atoms with Gasteiger partial charge in [-0.2, -0.15) is 0 Å². The largest absolute Gasteiger partial charge is 0.0864 e. The topological polar surface area (TPSA) is 0 Å². The molecule has 2 aromatic carbocycles. The maximum atomic E-state index is 2.61. The lowest BCUT2D eigenvalue weighted by molar-refractivity contribution is 1.43. The summed E-state index contributed by atoms with van der Waals surface area (Å²) < 4.78 is 0. The highest BCUT2D eigenvalue weighted by atomic mass is 32.2. The van der Waals surface area contributed by atoms with Crippen molar-refractivity contribution in [1.29, 1.82) is 0 Å². The number of rotatable bonds is 2. The van der Waals surface area contributed by atoms with Gasteiger partial charge in [-0.25, -0.2) is 0 Å². The third-order valence-corrected chi connectivity index (χ3v) is 25.0. The minimum absolute atomic E-state index is 0.0586. The predicted molar refractivity (Wildman–Crippen MR) is 93.1 cm³/mol. The van der Waals surface area contributed by atoms with Gasteiger partial charge in [-0.3, -0.25) is 0 Å². The van der Waals surface area contributed by atoms with Gasteiger partial charge in [0.15, 0.2) is 0 Å². The SMILES string of the molecule is C[Si]1(C)CCP(c2ccccc2)P1c1ccccc1. The number of hydrogen-bond acceptors (Lipinski definition) is 0. The van der Waals surface area contributed by atoms with Crippen LogP contribution in [-0.4, -0.2) is 13.9 Å². The van der Waals surface area contributed by atoms with E-state index in [-0.39, 0.29) is 14.8 Å². The lowest BCUT2D eigenvalue weighted by Gasteiger charge is -2.30. The highest BCUT2D eigenvalue weighted by Crippen LogP contribution is 2.77. The minimum Gasteiger partial charge on any atom is -0.0649 e. The molecular weight excluding hydrogens is 282 g/mol. The van der Waals surface area contributed by atoms with E-state index in [0.29, 0.717) is 0 Å². The van der Waals surface area contributed by atoms with Crippen LogP contribution in [0.15, 0.2) is 60.7 Å². The van der Waals surface area contributed by atoms with Crippen LogP contribution < -0.4 is 10.6 Å². The molecule has 1 aliphatic rings. The van der Waals surface area contributed by atoms with Crippen molar-refractivity contribution >= 4 is 33.1 Å². The highest BCUT2D eigenvalue weighted by Gasteiger charge is 2.44. The van der Waals surface area contributed by atoms with Crippen LogP contribution in [0.2, 0.25) is 19.1 Å². The van der Waals surface area contributed by atoms with Crippen LogP contribution in [0.1, 0.15) is 0 Å². The third kappa shape index (κ3) is 2.70. The van der Waals surface area contributed by atoms with Gasteiger partial charge in [0.25, 0.3) is 0 Å². The first-order chi connectivity index (χ1) is 9.18. The third-order valence-electron chi connectivity index (χ3n) is 3.81.